The molecule has 9 nitrogen and oxygen atoms in total. The minimum atomic E-state index is -0.937. The second-order valence-corrected chi connectivity index (χ2v) is 9.18. The number of benzene rings is 2. The van der Waals surface area contributed by atoms with Gasteiger partial charge in [0, 0.05) is 24.2 Å². The van der Waals surface area contributed by atoms with E-state index in [1.807, 2.05) is 25.9 Å². The Labute approximate surface area is 211 Å². The fourth-order valence-corrected chi connectivity index (χ4v) is 4.26. The first-order valence-corrected chi connectivity index (χ1v) is 12.1. The van der Waals surface area contributed by atoms with Crippen molar-refractivity contribution in [2.24, 2.45) is 0 Å². The van der Waals surface area contributed by atoms with E-state index >= 15 is 0 Å². The third-order valence-electron chi connectivity index (χ3n) is 6.14. The predicted octanol–water partition coefficient (Wildman–Crippen LogP) is 4.46. The van der Waals surface area contributed by atoms with Crippen LogP contribution in [-0.2, 0) is 9.59 Å². The fourth-order valence-electron chi connectivity index (χ4n) is 4.26. The summed E-state index contributed by atoms with van der Waals surface area (Å²) in [4.78, 5) is 40.5. The summed E-state index contributed by atoms with van der Waals surface area (Å²) in [5.74, 6) is -1.18. The van der Waals surface area contributed by atoms with E-state index < -0.39 is 22.7 Å². The topological polar surface area (TPSA) is 113 Å². The van der Waals surface area contributed by atoms with Gasteiger partial charge in [-0.25, -0.2) is 0 Å². The van der Waals surface area contributed by atoms with Crippen molar-refractivity contribution >= 4 is 23.1 Å². The van der Waals surface area contributed by atoms with Crippen molar-refractivity contribution in [3.05, 3.63) is 74.8 Å². The second kappa shape index (κ2) is 11.8. The van der Waals surface area contributed by atoms with Crippen LogP contribution in [0, 0.1) is 17.0 Å². The van der Waals surface area contributed by atoms with Gasteiger partial charge in [-0.15, -0.1) is 0 Å². The Bertz CT molecular complexity index is 1170. The van der Waals surface area contributed by atoms with E-state index in [1.165, 1.54) is 23.1 Å². The maximum atomic E-state index is 13.2. The number of carbonyl (C=O) groups is 2. The Hall–Kier alpha value is -3.72. The molecule has 1 amide bonds. The number of unbranched alkanes of at least 4 members (excludes halogenated alkanes) is 1. The van der Waals surface area contributed by atoms with E-state index in [0.717, 1.165) is 18.4 Å². The average Bonchev–Trinajstić information content (AvgIpc) is 3.09. The summed E-state index contributed by atoms with van der Waals surface area (Å²) >= 11 is 0. The molecule has 1 atom stereocenters. The molecule has 9 heteroatoms. The SMILES string of the molecule is CCCCOc1ccc(C(O)=C2C(=O)C(=O)N(CCCN(C)C)[C@@H]2c2cccc([N+](=O)[O-])c2)cc1C. The zero-order valence-corrected chi connectivity index (χ0v) is 21.2. The van der Waals surface area contributed by atoms with Gasteiger partial charge in [0.15, 0.2) is 0 Å². The zero-order chi connectivity index (χ0) is 26.4. The molecule has 192 valence electrons. The highest BCUT2D eigenvalue weighted by Gasteiger charge is 2.46. The summed E-state index contributed by atoms with van der Waals surface area (Å²) in [6.07, 6.45) is 2.51. The number of non-ortho nitro benzene ring substituents is 1. The number of hydrogen-bond acceptors (Lipinski definition) is 7. The maximum Gasteiger partial charge on any atom is 0.295 e. The van der Waals surface area contributed by atoms with Crippen LogP contribution in [0.4, 0.5) is 5.69 Å². The van der Waals surface area contributed by atoms with Crippen LogP contribution in [0.1, 0.15) is 48.9 Å². The number of aliphatic hydroxyl groups is 1. The van der Waals surface area contributed by atoms with Crippen molar-refractivity contribution in [3.8, 4) is 5.75 Å². The Morgan fingerprint density at radius 3 is 2.56 bits per heavy atom. The molecule has 1 aliphatic rings. The van der Waals surface area contributed by atoms with Crippen molar-refractivity contribution in [3.63, 3.8) is 0 Å². The molecule has 36 heavy (non-hydrogen) atoms. The summed E-state index contributed by atoms with van der Waals surface area (Å²) in [6, 6.07) is 9.99. The molecule has 1 heterocycles. The molecule has 0 radical (unpaired) electrons. The molecule has 1 fully saturated rings. The summed E-state index contributed by atoms with van der Waals surface area (Å²) < 4.78 is 5.79. The average molecular weight is 496 g/mol. The van der Waals surface area contributed by atoms with Crippen LogP contribution in [0.2, 0.25) is 0 Å². The van der Waals surface area contributed by atoms with Gasteiger partial charge in [0.05, 0.1) is 23.1 Å². The molecule has 2 aromatic rings. The Morgan fingerprint density at radius 1 is 1.17 bits per heavy atom. The summed E-state index contributed by atoms with van der Waals surface area (Å²) in [6.45, 7) is 5.44. The first-order valence-electron chi connectivity index (χ1n) is 12.1. The number of ketones is 1. The quantitative estimate of drug-likeness (QED) is 0.122. The summed E-state index contributed by atoms with van der Waals surface area (Å²) in [7, 11) is 3.81. The number of rotatable bonds is 11. The largest absolute Gasteiger partial charge is 0.507 e. The number of nitro benzene ring substituents is 1. The summed E-state index contributed by atoms with van der Waals surface area (Å²) in [5.41, 5.74) is 1.31. The van der Waals surface area contributed by atoms with E-state index in [2.05, 4.69) is 6.92 Å². The number of Topliss-reactive ketones (excluding diaryl/α,β-unsaturated/α-hetero) is 1. The molecule has 0 bridgehead atoms. The number of carbonyl (C=O) groups excluding carboxylic acids is 2. The van der Waals surface area contributed by atoms with E-state index in [0.29, 0.717) is 36.4 Å². The highest BCUT2D eigenvalue weighted by Crippen LogP contribution is 2.40. The van der Waals surface area contributed by atoms with Gasteiger partial charge in [0.2, 0.25) is 0 Å². The number of likely N-dealkylation sites (tertiary alicyclic amines) is 1. The van der Waals surface area contributed by atoms with E-state index in [9.17, 15) is 24.8 Å². The molecule has 1 N–H and O–H groups in total. The normalized spacial score (nSPS) is 17.1. The molecule has 0 spiro atoms. The van der Waals surface area contributed by atoms with Crippen molar-refractivity contribution in [2.75, 3.05) is 33.8 Å². The van der Waals surface area contributed by atoms with Crippen LogP contribution < -0.4 is 4.74 Å². The molecular formula is C27H33N3O6. The zero-order valence-electron chi connectivity index (χ0n) is 21.2. The number of amides is 1. The van der Waals surface area contributed by atoms with Crippen molar-refractivity contribution in [1.29, 1.82) is 0 Å². The van der Waals surface area contributed by atoms with Gasteiger partial charge in [-0.2, -0.15) is 0 Å². The number of nitrogens with zero attached hydrogens (tertiary/aromatic N) is 3. The van der Waals surface area contributed by atoms with Gasteiger partial charge in [-0.3, -0.25) is 19.7 Å². The first kappa shape index (κ1) is 26.9. The lowest BCUT2D eigenvalue weighted by atomic mass is 9.94. The summed E-state index contributed by atoms with van der Waals surface area (Å²) in [5, 5.41) is 22.7. The molecule has 0 unspecified atom stereocenters. The lowest BCUT2D eigenvalue weighted by molar-refractivity contribution is -0.384. The van der Waals surface area contributed by atoms with Gasteiger partial charge >= 0.3 is 0 Å². The van der Waals surface area contributed by atoms with Crippen molar-refractivity contribution in [1.82, 2.24) is 9.80 Å². The minimum Gasteiger partial charge on any atom is -0.507 e. The van der Waals surface area contributed by atoms with Gasteiger partial charge in [0.1, 0.15) is 11.5 Å². The number of aryl methyl sites for hydroxylation is 1. The standard InChI is InChI=1S/C27H33N3O6/c1-5-6-15-36-22-12-11-20(16-18(22)2)25(31)23-24(19-9-7-10-21(17-19)30(34)35)29(27(33)26(23)32)14-8-13-28(3)4/h7,9-12,16-17,24,31H,5-6,8,13-15H2,1-4H3/t24-/m1/s1. The molecular weight excluding hydrogens is 462 g/mol. The van der Waals surface area contributed by atoms with Gasteiger partial charge in [-0.1, -0.05) is 25.5 Å². The molecule has 1 saturated heterocycles. The van der Waals surface area contributed by atoms with Gasteiger partial charge in [-0.05, 0) is 69.7 Å². The van der Waals surface area contributed by atoms with E-state index in [1.54, 1.807) is 24.3 Å². The third kappa shape index (κ3) is 5.91. The van der Waals surface area contributed by atoms with Crippen molar-refractivity contribution < 1.29 is 24.4 Å². The van der Waals surface area contributed by atoms with Crippen LogP contribution in [0.25, 0.3) is 5.76 Å². The monoisotopic (exact) mass is 495 g/mol. The fraction of sp³-hybridized carbons (Fsp3) is 0.407. The minimum absolute atomic E-state index is 0.0793. The Kier molecular flexibility index (Phi) is 8.82. The van der Waals surface area contributed by atoms with Crippen LogP contribution in [0.15, 0.2) is 48.0 Å². The number of ether oxygens (including phenoxy) is 1. The molecule has 0 aromatic heterocycles. The van der Waals surface area contributed by atoms with E-state index in [4.69, 9.17) is 4.74 Å². The molecule has 0 saturated carbocycles. The predicted molar refractivity (Wildman–Crippen MR) is 137 cm³/mol. The number of nitro groups is 1. The first-order chi connectivity index (χ1) is 17.1. The Morgan fingerprint density at radius 2 is 1.92 bits per heavy atom. The van der Waals surface area contributed by atoms with Crippen LogP contribution in [0.5, 0.6) is 5.75 Å². The molecule has 1 aliphatic heterocycles. The molecule has 3 rings (SSSR count). The molecule has 0 aliphatic carbocycles. The lowest BCUT2D eigenvalue weighted by Crippen LogP contribution is -2.32. The highest BCUT2D eigenvalue weighted by molar-refractivity contribution is 6.46. The smallest absolute Gasteiger partial charge is 0.295 e. The lowest BCUT2D eigenvalue weighted by Gasteiger charge is -2.26. The number of aliphatic hydroxyl groups excluding tert-OH is 1. The number of hydrogen-bond donors (Lipinski definition) is 1. The van der Waals surface area contributed by atoms with Crippen molar-refractivity contribution in [2.45, 2.75) is 39.2 Å². The van der Waals surface area contributed by atoms with Crippen LogP contribution >= 0.6 is 0 Å². The van der Waals surface area contributed by atoms with Gasteiger partial charge in [0.25, 0.3) is 17.4 Å². The maximum absolute atomic E-state index is 13.2. The van der Waals surface area contributed by atoms with Gasteiger partial charge < -0.3 is 19.6 Å². The van der Waals surface area contributed by atoms with E-state index in [-0.39, 0.29) is 23.6 Å². The third-order valence-corrected chi connectivity index (χ3v) is 6.14. The molecule has 2 aromatic carbocycles. The second-order valence-electron chi connectivity index (χ2n) is 9.18. The Balaban J connectivity index is 2.07. The van der Waals surface area contributed by atoms with Crippen LogP contribution in [0.3, 0.4) is 0 Å². The van der Waals surface area contributed by atoms with Crippen LogP contribution in [-0.4, -0.2) is 65.3 Å². The highest BCUT2D eigenvalue weighted by atomic mass is 16.6.